The first-order valence-electron chi connectivity index (χ1n) is 10.5. The number of nitrogens with one attached hydrogen (secondary N) is 1. The lowest BCUT2D eigenvalue weighted by atomic mass is 9.82. The average Bonchev–Trinajstić information content (AvgIpc) is 2.76. The van der Waals surface area contributed by atoms with Crippen LogP contribution in [0, 0.1) is 0 Å². The molecular formula is C27H29NO3. The summed E-state index contributed by atoms with van der Waals surface area (Å²) in [5, 5.41) is 3.03. The van der Waals surface area contributed by atoms with Crippen LogP contribution in [0.2, 0.25) is 0 Å². The maximum Gasteiger partial charge on any atom is 0.408 e. The summed E-state index contributed by atoms with van der Waals surface area (Å²) in [5.74, 6) is -0.231. The third kappa shape index (κ3) is 6.54. The first-order chi connectivity index (χ1) is 14.8. The SMILES string of the molecule is CC(C)(C)OC(=O)N[C@H](c1ccccc1)[C@H](CC(=O)c1ccccc1)c1ccccc1. The molecule has 4 nitrogen and oxygen atoms in total. The van der Waals surface area contributed by atoms with Crippen LogP contribution in [-0.2, 0) is 4.74 Å². The molecule has 4 heteroatoms. The quantitative estimate of drug-likeness (QED) is 0.460. The summed E-state index contributed by atoms with van der Waals surface area (Å²) in [6.07, 6.45) is -0.252. The minimum atomic E-state index is -0.618. The largest absolute Gasteiger partial charge is 0.444 e. The zero-order valence-electron chi connectivity index (χ0n) is 18.2. The van der Waals surface area contributed by atoms with E-state index in [2.05, 4.69) is 5.32 Å². The highest BCUT2D eigenvalue weighted by atomic mass is 16.6. The number of benzene rings is 3. The van der Waals surface area contributed by atoms with E-state index >= 15 is 0 Å². The van der Waals surface area contributed by atoms with Crippen LogP contribution < -0.4 is 5.32 Å². The molecule has 0 saturated heterocycles. The number of carbonyl (C=O) groups is 2. The van der Waals surface area contributed by atoms with E-state index in [9.17, 15) is 9.59 Å². The number of amides is 1. The zero-order valence-corrected chi connectivity index (χ0v) is 18.2. The normalized spacial score (nSPS) is 13.1. The second-order valence-corrected chi connectivity index (χ2v) is 8.55. The molecule has 0 aliphatic heterocycles. The van der Waals surface area contributed by atoms with Gasteiger partial charge in [-0.05, 0) is 31.9 Å². The van der Waals surface area contributed by atoms with Gasteiger partial charge in [-0.15, -0.1) is 0 Å². The van der Waals surface area contributed by atoms with Gasteiger partial charge in [-0.2, -0.15) is 0 Å². The Balaban J connectivity index is 1.98. The Labute approximate surface area is 184 Å². The predicted octanol–water partition coefficient (Wildman–Crippen LogP) is 6.31. The number of hydrogen-bond donors (Lipinski definition) is 1. The molecule has 0 radical (unpaired) electrons. The fraction of sp³-hybridized carbons (Fsp3) is 0.259. The lowest BCUT2D eigenvalue weighted by Gasteiger charge is -2.30. The molecule has 0 aromatic heterocycles. The van der Waals surface area contributed by atoms with Gasteiger partial charge in [0.25, 0.3) is 0 Å². The lowest BCUT2D eigenvalue weighted by Crippen LogP contribution is -2.37. The highest BCUT2D eigenvalue weighted by molar-refractivity contribution is 5.96. The Morgan fingerprint density at radius 1 is 0.774 bits per heavy atom. The van der Waals surface area contributed by atoms with Crippen molar-refractivity contribution >= 4 is 11.9 Å². The third-order valence-electron chi connectivity index (χ3n) is 4.96. The van der Waals surface area contributed by atoms with Gasteiger partial charge in [-0.25, -0.2) is 4.79 Å². The van der Waals surface area contributed by atoms with Crippen LogP contribution in [0.3, 0.4) is 0 Å². The van der Waals surface area contributed by atoms with Gasteiger partial charge < -0.3 is 10.1 Å². The lowest BCUT2D eigenvalue weighted by molar-refractivity contribution is 0.0491. The van der Waals surface area contributed by atoms with Crippen molar-refractivity contribution in [3.8, 4) is 0 Å². The molecule has 0 aliphatic carbocycles. The van der Waals surface area contributed by atoms with Gasteiger partial charge in [0, 0.05) is 17.9 Å². The van der Waals surface area contributed by atoms with Gasteiger partial charge >= 0.3 is 6.09 Å². The molecule has 3 aromatic rings. The van der Waals surface area contributed by atoms with E-state index in [1.54, 1.807) is 0 Å². The van der Waals surface area contributed by atoms with Gasteiger partial charge in [0.05, 0.1) is 6.04 Å². The van der Waals surface area contributed by atoms with Crippen LogP contribution >= 0.6 is 0 Å². The second kappa shape index (κ2) is 10.1. The molecule has 31 heavy (non-hydrogen) atoms. The van der Waals surface area contributed by atoms with Crippen LogP contribution in [0.4, 0.5) is 4.79 Å². The Hall–Kier alpha value is -3.40. The minimum Gasteiger partial charge on any atom is -0.444 e. The molecular weight excluding hydrogens is 386 g/mol. The molecule has 3 rings (SSSR count). The van der Waals surface area contributed by atoms with Crippen LogP contribution in [-0.4, -0.2) is 17.5 Å². The molecule has 1 N–H and O–H groups in total. The molecule has 3 aromatic carbocycles. The van der Waals surface area contributed by atoms with Gasteiger partial charge in [0.1, 0.15) is 5.60 Å². The van der Waals surface area contributed by atoms with E-state index in [0.717, 1.165) is 11.1 Å². The van der Waals surface area contributed by atoms with E-state index in [4.69, 9.17) is 4.74 Å². The van der Waals surface area contributed by atoms with Crippen molar-refractivity contribution in [1.29, 1.82) is 0 Å². The number of carbonyl (C=O) groups excluding carboxylic acids is 2. The third-order valence-corrected chi connectivity index (χ3v) is 4.96. The molecule has 0 bridgehead atoms. The summed E-state index contributed by atoms with van der Waals surface area (Å²) in [6, 6.07) is 28.4. The number of ketones is 1. The van der Waals surface area contributed by atoms with E-state index < -0.39 is 17.7 Å². The van der Waals surface area contributed by atoms with E-state index in [1.165, 1.54) is 0 Å². The number of rotatable bonds is 7. The summed E-state index contributed by atoms with van der Waals surface area (Å²) in [7, 11) is 0. The first kappa shape index (κ1) is 22.3. The van der Waals surface area contributed by atoms with Gasteiger partial charge in [-0.3, -0.25) is 4.79 Å². The second-order valence-electron chi connectivity index (χ2n) is 8.55. The number of hydrogen-bond acceptors (Lipinski definition) is 3. The minimum absolute atomic E-state index is 0.0290. The van der Waals surface area contributed by atoms with Crippen LogP contribution in [0.15, 0.2) is 91.0 Å². The van der Waals surface area contributed by atoms with Crippen molar-refractivity contribution in [2.75, 3.05) is 0 Å². The fourth-order valence-electron chi connectivity index (χ4n) is 3.58. The molecule has 160 valence electrons. The smallest absolute Gasteiger partial charge is 0.408 e. The highest BCUT2D eigenvalue weighted by Gasteiger charge is 2.30. The Kier molecular flexibility index (Phi) is 7.24. The molecule has 0 saturated carbocycles. The van der Waals surface area contributed by atoms with Gasteiger partial charge in [0.2, 0.25) is 0 Å². The van der Waals surface area contributed by atoms with Crippen molar-refractivity contribution in [3.05, 3.63) is 108 Å². The van der Waals surface area contributed by atoms with E-state index in [-0.39, 0.29) is 18.1 Å². The molecule has 1 amide bonds. The number of ether oxygens (including phenoxy) is 1. The summed E-state index contributed by atoms with van der Waals surface area (Å²) < 4.78 is 5.53. The number of Topliss-reactive ketones (excluding diaryl/α,β-unsaturated/α-hetero) is 1. The Bertz CT molecular complexity index is 979. The standard InChI is InChI=1S/C27H29NO3/c1-27(2,3)31-26(30)28-25(22-17-11-6-12-18-22)23(20-13-7-4-8-14-20)19-24(29)21-15-9-5-10-16-21/h4-18,23,25H,19H2,1-3H3,(H,28,30)/t23-,25-/m1/s1. The van der Waals surface area contributed by atoms with Crippen molar-refractivity contribution in [1.82, 2.24) is 5.32 Å². The highest BCUT2D eigenvalue weighted by Crippen LogP contribution is 2.35. The monoisotopic (exact) mass is 415 g/mol. The van der Waals surface area contributed by atoms with Crippen LogP contribution in [0.1, 0.15) is 60.6 Å². The van der Waals surface area contributed by atoms with Crippen molar-refractivity contribution < 1.29 is 14.3 Å². The molecule has 2 atom stereocenters. The zero-order chi connectivity index (χ0) is 22.3. The average molecular weight is 416 g/mol. The van der Waals surface area contributed by atoms with Crippen molar-refractivity contribution in [2.45, 2.75) is 44.8 Å². The van der Waals surface area contributed by atoms with Crippen molar-refractivity contribution in [3.63, 3.8) is 0 Å². The van der Waals surface area contributed by atoms with E-state index in [1.807, 2.05) is 112 Å². The topological polar surface area (TPSA) is 55.4 Å². The molecule has 0 unspecified atom stereocenters. The summed E-state index contributed by atoms with van der Waals surface area (Å²) in [6.45, 7) is 5.49. The van der Waals surface area contributed by atoms with Gasteiger partial charge in [0.15, 0.2) is 5.78 Å². The maximum absolute atomic E-state index is 13.1. The molecule has 0 spiro atoms. The molecule has 0 fully saturated rings. The maximum atomic E-state index is 13.1. The summed E-state index contributed by atoms with van der Waals surface area (Å²) >= 11 is 0. The Morgan fingerprint density at radius 2 is 1.26 bits per heavy atom. The summed E-state index contributed by atoms with van der Waals surface area (Å²) in [5.41, 5.74) is 1.94. The van der Waals surface area contributed by atoms with Gasteiger partial charge in [-0.1, -0.05) is 91.0 Å². The van der Waals surface area contributed by atoms with Crippen LogP contribution in [0.5, 0.6) is 0 Å². The molecule has 0 heterocycles. The summed E-state index contributed by atoms with van der Waals surface area (Å²) in [4.78, 5) is 25.9. The Morgan fingerprint density at radius 3 is 1.77 bits per heavy atom. The molecule has 0 aliphatic rings. The number of alkyl carbamates (subject to hydrolysis) is 1. The first-order valence-corrected chi connectivity index (χ1v) is 10.5. The van der Waals surface area contributed by atoms with E-state index in [0.29, 0.717) is 5.56 Å². The predicted molar refractivity (Wildman–Crippen MR) is 123 cm³/mol. The van der Waals surface area contributed by atoms with Crippen molar-refractivity contribution in [2.24, 2.45) is 0 Å². The fourth-order valence-corrected chi connectivity index (χ4v) is 3.58. The van der Waals surface area contributed by atoms with Crippen LogP contribution in [0.25, 0.3) is 0 Å².